The monoisotopic (exact) mass is 368 g/mol. The Balaban J connectivity index is 1.97. The van der Waals surface area contributed by atoms with Gasteiger partial charge in [0, 0.05) is 11.8 Å². The van der Waals surface area contributed by atoms with Crippen molar-refractivity contribution < 1.29 is 14.5 Å². The van der Waals surface area contributed by atoms with Crippen LogP contribution >= 0.6 is 0 Å². The van der Waals surface area contributed by atoms with Crippen molar-refractivity contribution in [3.8, 4) is 0 Å². The van der Waals surface area contributed by atoms with Gasteiger partial charge in [0.05, 0.1) is 29.1 Å². The molecule has 8 nitrogen and oxygen atoms in total. The molecule has 3 aromatic rings. The van der Waals surface area contributed by atoms with Gasteiger partial charge in [-0.2, -0.15) is 0 Å². The topological polar surface area (TPSA) is 110 Å². The molecule has 0 saturated carbocycles. The number of benzene rings is 2. The number of hydrogen-bond acceptors (Lipinski definition) is 6. The van der Waals surface area contributed by atoms with Gasteiger partial charge in [-0.15, -0.1) is 0 Å². The summed E-state index contributed by atoms with van der Waals surface area (Å²) in [6.07, 6.45) is 0. The molecule has 0 aliphatic heterocycles. The van der Waals surface area contributed by atoms with Gasteiger partial charge in [0.15, 0.2) is 0 Å². The SMILES string of the molecule is COC(=O)c1cc(N[C@@H](c2nc3ccccc3[nH]2)C(C)C)ccc1[N+](=O)[O-]. The molecule has 2 N–H and O–H groups in total. The Bertz CT molecular complexity index is 963. The number of fused-ring (bicyclic) bond motifs is 1. The van der Waals surface area contributed by atoms with Crippen LogP contribution < -0.4 is 5.32 Å². The number of nitro groups is 1. The first kappa shape index (κ1) is 18.4. The lowest BCUT2D eigenvalue weighted by Crippen LogP contribution is -2.18. The van der Waals surface area contributed by atoms with E-state index in [1.807, 2.05) is 38.1 Å². The van der Waals surface area contributed by atoms with Gasteiger partial charge in [0.1, 0.15) is 11.4 Å². The van der Waals surface area contributed by atoms with E-state index in [9.17, 15) is 14.9 Å². The molecule has 2 aromatic carbocycles. The van der Waals surface area contributed by atoms with Crippen LogP contribution in [0.25, 0.3) is 11.0 Å². The van der Waals surface area contributed by atoms with Crippen molar-refractivity contribution in [2.24, 2.45) is 5.92 Å². The van der Waals surface area contributed by atoms with Crippen molar-refractivity contribution in [3.63, 3.8) is 0 Å². The van der Waals surface area contributed by atoms with Gasteiger partial charge < -0.3 is 15.0 Å². The second kappa shape index (κ2) is 7.45. The van der Waals surface area contributed by atoms with Crippen LogP contribution in [0, 0.1) is 16.0 Å². The van der Waals surface area contributed by atoms with E-state index in [0.29, 0.717) is 5.69 Å². The van der Waals surface area contributed by atoms with Crippen molar-refractivity contribution >= 4 is 28.4 Å². The van der Waals surface area contributed by atoms with Crippen LogP contribution in [0.1, 0.15) is 36.1 Å². The van der Waals surface area contributed by atoms with Crippen LogP contribution in [0.15, 0.2) is 42.5 Å². The summed E-state index contributed by atoms with van der Waals surface area (Å²) in [4.78, 5) is 30.4. The number of nitrogens with zero attached hydrogens (tertiary/aromatic N) is 2. The first-order valence-corrected chi connectivity index (χ1v) is 8.48. The number of aromatic amines is 1. The van der Waals surface area contributed by atoms with E-state index in [-0.39, 0.29) is 23.2 Å². The number of aromatic nitrogens is 2. The minimum Gasteiger partial charge on any atom is -0.465 e. The molecule has 0 aliphatic rings. The second-order valence-corrected chi connectivity index (χ2v) is 6.49. The van der Waals surface area contributed by atoms with Crippen LogP contribution in [0.3, 0.4) is 0 Å². The highest BCUT2D eigenvalue weighted by Crippen LogP contribution is 2.29. The maximum Gasteiger partial charge on any atom is 0.344 e. The molecule has 3 rings (SSSR count). The number of imidazole rings is 1. The summed E-state index contributed by atoms with van der Waals surface area (Å²) < 4.78 is 4.67. The second-order valence-electron chi connectivity index (χ2n) is 6.49. The summed E-state index contributed by atoms with van der Waals surface area (Å²) in [5.74, 6) is 0.168. The number of nitrogens with one attached hydrogen (secondary N) is 2. The lowest BCUT2D eigenvalue weighted by atomic mass is 10.0. The van der Waals surface area contributed by atoms with Crippen molar-refractivity contribution in [1.82, 2.24) is 9.97 Å². The Morgan fingerprint density at radius 3 is 2.63 bits per heavy atom. The van der Waals surface area contributed by atoms with Crippen molar-refractivity contribution in [2.45, 2.75) is 19.9 Å². The highest BCUT2D eigenvalue weighted by Gasteiger charge is 2.24. The van der Waals surface area contributed by atoms with Gasteiger partial charge in [-0.25, -0.2) is 9.78 Å². The Morgan fingerprint density at radius 1 is 1.26 bits per heavy atom. The van der Waals surface area contributed by atoms with E-state index in [1.165, 1.54) is 19.2 Å². The van der Waals surface area contributed by atoms with Gasteiger partial charge in [0.25, 0.3) is 5.69 Å². The molecule has 1 atom stereocenters. The Kier molecular flexibility index (Phi) is 5.07. The van der Waals surface area contributed by atoms with Gasteiger partial charge in [-0.05, 0) is 30.2 Å². The molecule has 1 heterocycles. The lowest BCUT2D eigenvalue weighted by molar-refractivity contribution is -0.385. The Hall–Kier alpha value is -3.42. The molecule has 0 spiro atoms. The molecule has 1 aromatic heterocycles. The highest BCUT2D eigenvalue weighted by molar-refractivity contribution is 5.95. The zero-order chi connectivity index (χ0) is 19.6. The summed E-state index contributed by atoms with van der Waals surface area (Å²) in [7, 11) is 1.19. The molecular formula is C19H20N4O4. The number of anilines is 1. The third kappa shape index (κ3) is 3.74. The first-order valence-electron chi connectivity index (χ1n) is 8.48. The van der Waals surface area contributed by atoms with E-state index in [2.05, 4.69) is 20.0 Å². The number of rotatable bonds is 6. The number of esters is 1. The average Bonchev–Trinajstić information content (AvgIpc) is 3.08. The number of para-hydroxylation sites is 2. The average molecular weight is 368 g/mol. The summed E-state index contributed by atoms with van der Waals surface area (Å²) in [6.45, 7) is 4.08. The van der Waals surface area contributed by atoms with Crippen LogP contribution in [0.2, 0.25) is 0 Å². The fourth-order valence-electron chi connectivity index (χ4n) is 2.91. The molecule has 8 heteroatoms. The number of carbonyl (C=O) groups excluding carboxylic acids is 1. The Labute approximate surface area is 155 Å². The first-order chi connectivity index (χ1) is 12.9. The molecular weight excluding hydrogens is 348 g/mol. The molecule has 0 unspecified atom stereocenters. The molecule has 0 radical (unpaired) electrons. The largest absolute Gasteiger partial charge is 0.465 e. The van der Waals surface area contributed by atoms with Crippen LogP contribution in [0.5, 0.6) is 0 Å². The predicted octanol–water partition coefficient (Wildman–Crippen LogP) is 4.07. The zero-order valence-corrected chi connectivity index (χ0v) is 15.2. The fourth-order valence-corrected chi connectivity index (χ4v) is 2.91. The van der Waals surface area contributed by atoms with Gasteiger partial charge >= 0.3 is 5.97 Å². The summed E-state index contributed by atoms with van der Waals surface area (Å²) in [5, 5.41) is 14.5. The van der Waals surface area contributed by atoms with Gasteiger partial charge in [0.2, 0.25) is 0 Å². The third-order valence-electron chi connectivity index (χ3n) is 4.29. The lowest BCUT2D eigenvalue weighted by Gasteiger charge is -2.22. The van der Waals surface area contributed by atoms with E-state index in [4.69, 9.17) is 0 Å². The third-order valence-corrected chi connectivity index (χ3v) is 4.29. The maximum absolute atomic E-state index is 11.9. The highest BCUT2D eigenvalue weighted by atomic mass is 16.6. The quantitative estimate of drug-likeness (QED) is 0.385. The number of nitro benzene ring substituents is 1. The van der Waals surface area contributed by atoms with Crippen LogP contribution in [0.4, 0.5) is 11.4 Å². The van der Waals surface area contributed by atoms with E-state index >= 15 is 0 Å². The van der Waals surface area contributed by atoms with E-state index in [0.717, 1.165) is 16.9 Å². The molecule has 0 aliphatic carbocycles. The van der Waals surface area contributed by atoms with E-state index in [1.54, 1.807) is 6.07 Å². The Morgan fingerprint density at radius 2 is 2.00 bits per heavy atom. The summed E-state index contributed by atoms with van der Waals surface area (Å²) in [6, 6.07) is 11.8. The standard InChI is InChI=1S/C19H20N4O4/c1-11(2)17(18-21-14-6-4-5-7-15(14)22-18)20-12-8-9-16(23(25)26)13(10-12)19(24)27-3/h4-11,17,20H,1-3H3,(H,21,22)/t17-/m1/s1. The van der Waals surface area contributed by atoms with E-state index < -0.39 is 10.9 Å². The number of ether oxygens (including phenoxy) is 1. The van der Waals surface area contributed by atoms with Crippen LogP contribution in [-0.2, 0) is 4.74 Å². The molecule has 0 fully saturated rings. The van der Waals surface area contributed by atoms with Gasteiger partial charge in [-0.3, -0.25) is 10.1 Å². The molecule has 0 amide bonds. The van der Waals surface area contributed by atoms with Crippen molar-refractivity contribution in [3.05, 3.63) is 64.0 Å². The molecule has 27 heavy (non-hydrogen) atoms. The molecule has 0 bridgehead atoms. The minimum absolute atomic E-state index is 0.0976. The number of H-pyrrole nitrogens is 1. The fraction of sp³-hybridized carbons (Fsp3) is 0.263. The number of carbonyl (C=O) groups is 1. The van der Waals surface area contributed by atoms with Crippen molar-refractivity contribution in [1.29, 1.82) is 0 Å². The summed E-state index contributed by atoms with van der Waals surface area (Å²) >= 11 is 0. The van der Waals surface area contributed by atoms with Crippen molar-refractivity contribution in [2.75, 3.05) is 12.4 Å². The molecule has 140 valence electrons. The van der Waals surface area contributed by atoms with Gasteiger partial charge in [-0.1, -0.05) is 26.0 Å². The predicted molar refractivity (Wildman–Crippen MR) is 102 cm³/mol. The maximum atomic E-state index is 11.9. The smallest absolute Gasteiger partial charge is 0.344 e. The number of hydrogen-bond donors (Lipinski definition) is 2. The summed E-state index contributed by atoms with van der Waals surface area (Å²) in [5.41, 5.74) is 1.97. The minimum atomic E-state index is -0.754. The number of methoxy groups -OCH3 is 1. The normalized spacial score (nSPS) is 12.1. The van der Waals surface area contributed by atoms with Crippen LogP contribution in [-0.4, -0.2) is 28.0 Å². The molecule has 0 saturated heterocycles. The zero-order valence-electron chi connectivity index (χ0n) is 15.2.